The van der Waals surface area contributed by atoms with Crippen LogP contribution in [0, 0.1) is 11.8 Å². The van der Waals surface area contributed by atoms with Gasteiger partial charge in [0.1, 0.15) is 6.04 Å². The van der Waals surface area contributed by atoms with Crippen molar-refractivity contribution in [3.8, 4) is 0 Å². The number of para-hydroxylation sites is 1. The maximum absolute atomic E-state index is 12.8. The summed E-state index contributed by atoms with van der Waals surface area (Å²) in [6.45, 7) is 10.3. The van der Waals surface area contributed by atoms with Crippen LogP contribution in [-0.4, -0.2) is 23.4 Å². The molecule has 2 rings (SSSR count). The molecule has 3 nitrogen and oxygen atoms in total. The maximum atomic E-state index is 12.8. The van der Waals surface area contributed by atoms with Crippen LogP contribution in [0.25, 0.3) is 0 Å². The lowest BCUT2D eigenvalue weighted by atomic mass is 10.0. The van der Waals surface area contributed by atoms with E-state index in [1.54, 1.807) is 0 Å². The Labute approximate surface area is 128 Å². The Hall–Kier alpha value is -1.51. The highest BCUT2D eigenvalue weighted by Crippen LogP contribution is 2.25. The lowest BCUT2D eigenvalue weighted by Crippen LogP contribution is -2.41. The Kier molecular flexibility index (Phi) is 5.27. The first-order valence-corrected chi connectivity index (χ1v) is 8.10. The number of nitrogens with zero attached hydrogens (tertiary/aromatic N) is 1. The molecule has 0 fully saturated rings. The molecular formula is C18H28N2O. The topological polar surface area (TPSA) is 32.3 Å². The zero-order valence-electron chi connectivity index (χ0n) is 13.7. The fourth-order valence-electron chi connectivity index (χ4n) is 2.79. The number of amides is 1. The minimum Gasteiger partial charge on any atom is -0.373 e. The smallest absolute Gasteiger partial charge is 0.245 e. The summed E-state index contributed by atoms with van der Waals surface area (Å²) < 4.78 is 0. The van der Waals surface area contributed by atoms with Gasteiger partial charge in [-0.05, 0) is 36.3 Å². The van der Waals surface area contributed by atoms with Crippen molar-refractivity contribution < 1.29 is 4.79 Å². The maximum Gasteiger partial charge on any atom is 0.245 e. The second-order valence-corrected chi connectivity index (χ2v) is 6.93. The number of hydrogen-bond donors (Lipinski definition) is 1. The first kappa shape index (κ1) is 15.9. The van der Waals surface area contributed by atoms with Gasteiger partial charge in [0, 0.05) is 18.8 Å². The van der Waals surface area contributed by atoms with E-state index in [1.165, 1.54) is 5.56 Å². The highest BCUT2D eigenvalue weighted by atomic mass is 16.2. The summed E-state index contributed by atoms with van der Waals surface area (Å²) in [7, 11) is 0. The van der Waals surface area contributed by atoms with E-state index < -0.39 is 0 Å². The van der Waals surface area contributed by atoms with Gasteiger partial charge in [-0.2, -0.15) is 0 Å². The highest BCUT2D eigenvalue weighted by Gasteiger charge is 2.29. The van der Waals surface area contributed by atoms with Crippen LogP contribution in [0.4, 0.5) is 5.69 Å². The monoisotopic (exact) mass is 288 g/mol. The van der Waals surface area contributed by atoms with Gasteiger partial charge in [0.25, 0.3) is 0 Å². The molecule has 1 atom stereocenters. The van der Waals surface area contributed by atoms with Gasteiger partial charge in [-0.15, -0.1) is 0 Å². The van der Waals surface area contributed by atoms with Crippen molar-refractivity contribution in [1.29, 1.82) is 0 Å². The van der Waals surface area contributed by atoms with Gasteiger partial charge >= 0.3 is 0 Å². The van der Waals surface area contributed by atoms with Crippen LogP contribution in [0.15, 0.2) is 24.3 Å². The van der Waals surface area contributed by atoms with Crippen molar-refractivity contribution in [1.82, 2.24) is 4.90 Å². The van der Waals surface area contributed by atoms with Gasteiger partial charge in [0.15, 0.2) is 0 Å². The molecular weight excluding hydrogens is 260 g/mol. The number of benzene rings is 1. The molecule has 0 bridgehead atoms. The molecule has 1 N–H and O–H groups in total. The Bertz CT molecular complexity index is 482. The lowest BCUT2D eigenvalue weighted by molar-refractivity contribution is -0.132. The van der Waals surface area contributed by atoms with E-state index in [9.17, 15) is 4.79 Å². The summed E-state index contributed by atoms with van der Waals surface area (Å²) in [4.78, 5) is 14.9. The Balaban J connectivity index is 2.22. The average molecular weight is 288 g/mol. The molecule has 1 aromatic carbocycles. The fraction of sp³-hybridized carbons (Fsp3) is 0.611. The molecule has 116 valence electrons. The summed E-state index contributed by atoms with van der Waals surface area (Å²) in [5.41, 5.74) is 2.34. The van der Waals surface area contributed by atoms with Gasteiger partial charge in [-0.1, -0.05) is 45.9 Å². The predicted molar refractivity (Wildman–Crippen MR) is 88.2 cm³/mol. The number of carbonyl (C=O) groups is 1. The van der Waals surface area contributed by atoms with E-state index in [2.05, 4.69) is 45.1 Å². The molecule has 3 heteroatoms. The molecule has 1 amide bonds. The van der Waals surface area contributed by atoms with Crippen LogP contribution in [0.1, 0.15) is 46.1 Å². The summed E-state index contributed by atoms with van der Waals surface area (Å²) in [6, 6.07) is 8.19. The largest absolute Gasteiger partial charge is 0.373 e. The van der Waals surface area contributed by atoms with E-state index in [4.69, 9.17) is 0 Å². The Morgan fingerprint density at radius 2 is 1.90 bits per heavy atom. The molecule has 0 spiro atoms. The first-order valence-electron chi connectivity index (χ1n) is 8.10. The average Bonchev–Trinajstić information content (AvgIpc) is 2.54. The van der Waals surface area contributed by atoms with Crippen LogP contribution in [0.2, 0.25) is 0 Å². The number of hydrogen-bond acceptors (Lipinski definition) is 2. The SMILES string of the molecule is CC(C)CCN1Cc2ccccc2N[C@@H](CC(C)C)C1=O. The third-order valence-corrected chi connectivity index (χ3v) is 4.00. The number of anilines is 1. The summed E-state index contributed by atoms with van der Waals surface area (Å²) in [5.74, 6) is 1.37. The molecule has 0 saturated carbocycles. The van der Waals surface area contributed by atoms with Gasteiger partial charge in [0.05, 0.1) is 0 Å². The van der Waals surface area contributed by atoms with Crippen LogP contribution in [0.3, 0.4) is 0 Å². The number of carbonyl (C=O) groups excluding carboxylic acids is 1. The highest BCUT2D eigenvalue weighted by molar-refractivity contribution is 5.86. The van der Waals surface area contributed by atoms with Crippen LogP contribution in [0.5, 0.6) is 0 Å². The van der Waals surface area contributed by atoms with Crippen molar-refractivity contribution in [2.24, 2.45) is 11.8 Å². The summed E-state index contributed by atoms with van der Waals surface area (Å²) in [6.07, 6.45) is 1.94. The molecule has 1 heterocycles. The quantitative estimate of drug-likeness (QED) is 0.891. The molecule has 0 unspecified atom stereocenters. The van der Waals surface area contributed by atoms with E-state index >= 15 is 0 Å². The minimum atomic E-state index is -0.0965. The standard InChI is InChI=1S/C18H28N2O/c1-13(2)9-10-20-12-15-7-5-6-8-16(15)19-17(18(20)21)11-14(3)4/h5-8,13-14,17,19H,9-12H2,1-4H3/t17-/m0/s1. The third kappa shape index (κ3) is 4.23. The second kappa shape index (κ2) is 6.97. The van der Waals surface area contributed by atoms with Crippen molar-refractivity contribution in [3.63, 3.8) is 0 Å². The van der Waals surface area contributed by atoms with Crippen molar-refractivity contribution >= 4 is 11.6 Å². The molecule has 1 aliphatic heterocycles. The zero-order chi connectivity index (χ0) is 15.4. The molecule has 0 aromatic heterocycles. The Morgan fingerprint density at radius 3 is 2.57 bits per heavy atom. The summed E-state index contributed by atoms with van der Waals surface area (Å²) >= 11 is 0. The van der Waals surface area contributed by atoms with E-state index in [1.807, 2.05) is 17.0 Å². The molecule has 0 saturated heterocycles. The van der Waals surface area contributed by atoms with E-state index in [0.717, 1.165) is 31.6 Å². The number of fused-ring (bicyclic) bond motifs is 1. The van der Waals surface area contributed by atoms with Gasteiger partial charge in [-0.25, -0.2) is 0 Å². The van der Waals surface area contributed by atoms with E-state index in [0.29, 0.717) is 11.8 Å². The van der Waals surface area contributed by atoms with Gasteiger partial charge in [-0.3, -0.25) is 4.79 Å². The van der Waals surface area contributed by atoms with Gasteiger partial charge < -0.3 is 10.2 Å². The lowest BCUT2D eigenvalue weighted by Gasteiger charge is -2.26. The summed E-state index contributed by atoms with van der Waals surface area (Å²) in [5, 5.41) is 3.47. The van der Waals surface area contributed by atoms with Crippen molar-refractivity contribution in [2.45, 2.75) is 53.1 Å². The van der Waals surface area contributed by atoms with Crippen LogP contribution >= 0.6 is 0 Å². The molecule has 0 aliphatic carbocycles. The first-order chi connectivity index (χ1) is 9.97. The molecule has 1 aliphatic rings. The van der Waals surface area contributed by atoms with Crippen molar-refractivity contribution in [3.05, 3.63) is 29.8 Å². The van der Waals surface area contributed by atoms with E-state index in [-0.39, 0.29) is 11.9 Å². The molecule has 1 aromatic rings. The molecule has 21 heavy (non-hydrogen) atoms. The Morgan fingerprint density at radius 1 is 1.19 bits per heavy atom. The zero-order valence-corrected chi connectivity index (χ0v) is 13.7. The number of rotatable bonds is 5. The third-order valence-electron chi connectivity index (χ3n) is 4.00. The van der Waals surface area contributed by atoms with Crippen LogP contribution < -0.4 is 5.32 Å². The predicted octanol–water partition coefficient (Wildman–Crippen LogP) is 3.90. The normalized spacial score (nSPS) is 18.7. The second-order valence-electron chi connectivity index (χ2n) is 6.93. The van der Waals surface area contributed by atoms with Gasteiger partial charge in [0.2, 0.25) is 5.91 Å². The number of nitrogens with one attached hydrogen (secondary N) is 1. The molecule has 0 radical (unpaired) electrons. The van der Waals surface area contributed by atoms with Crippen LogP contribution in [-0.2, 0) is 11.3 Å². The minimum absolute atomic E-state index is 0.0965. The van der Waals surface area contributed by atoms with Crippen molar-refractivity contribution in [2.75, 3.05) is 11.9 Å². The fourth-order valence-corrected chi connectivity index (χ4v) is 2.79.